The molecule has 2 aliphatic heterocycles. The molecule has 7 nitrogen and oxygen atoms in total. The SMILES string of the molecule is C[C@H]1C[C@@H](CC(=O)CC2CS(=O)(=O)C2)CN(c2ccc(C#N)c3nccnc23)C1. The maximum Gasteiger partial charge on any atom is 0.150 e. The number of rotatable bonds is 5. The van der Waals surface area contributed by atoms with E-state index in [4.69, 9.17) is 0 Å². The van der Waals surface area contributed by atoms with Crippen LogP contribution >= 0.6 is 0 Å². The minimum Gasteiger partial charge on any atom is -0.369 e. The van der Waals surface area contributed by atoms with Gasteiger partial charge in [0.2, 0.25) is 0 Å². The third kappa shape index (κ3) is 4.25. The first kappa shape index (κ1) is 19.8. The van der Waals surface area contributed by atoms with Crippen LogP contribution in [-0.4, -0.2) is 48.8 Å². The fourth-order valence-corrected chi connectivity index (χ4v) is 6.30. The summed E-state index contributed by atoms with van der Waals surface area (Å²) in [5, 5.41) is 9.34. The molecule has 3 heterocycles. The molecular weight excluding hydrogens is 388 g/mol. The number of carbonyl (C=O) groups excluding carboxylic acids is 1. The number of hydrogen-bond acceptors (Lipinski definition) is 7. The lowest BCUT2D eigenvalue weighted by molar-refractivity contribution is -0.120. The van der Waals surface area contributed by atoms with Crippen LogP contribution in [0.25, 0.3) is 11.0 Å². The maximum absolute atomic E-state index is 12.5. The Morgan fingerprint density at radius 1 is 1.14 bits per heavy atom. The fourth-order valence-electron chi connectivity index (χ4n) is 4.73. The van der Waals surface area contributed by atoms with Gasteiger partial charge in [-0.25, -0.2) is 8.42 Å². The van der Waals surface area contributed by atoms with Crippen LogP contribution in [0.3, 0.4) is 0 Å². The lowest BCUT2D eigenvalue weighted by atomic mass is 9.85. The van der Waals surface area contributed by atoms with Gasteiger partial charge in [0.15, 0.2) is 9.84 Å². The minimum absolute atomic E-state index is 0.00219. The lowest BCUT2D eigenvalue weighted by Crippen LogP contribution is -2.41. The average Bonchev–Trinajstić information content (AvgIpc) is 2.65. The Kier molecular flexibility index (Phi) is 5.26. The van der Waals surface area contributed by atoms with E-state index in [9.17, 15) is 18.5 Å². The van der Waals surface area contributed by atoms with Crippen LogP contribution in [0.4, 0.5) is 5.69 Å². The van der Waals surface area contributed by atoms with E-state index in [-0.39, 0.29) is 29.1 Å². The van der Waals surface area contributed by atoms with Crippen molar-refractivity contribution in [2.75, 3.05) is 29.5 Å². The average molecular weight is 413 g/mol. The number of nitriles is 1. The van der Waals surface area contributed by atoms with Gasteiger partial charge in [0.05, 0.1) is 22.8 Å². The molecule has 1 aromatic heterocycles. The molecular formula is C21H24N4O3S. The largest absolute Gasteiger partial charge is 0.369 e. The van der Waals surface area contributed by atoms with Crippen molar-refractivity contribution < 1.29 is 13.2 Å². The first-order valence-electron chi connectivity index (χ1n) is 9.95. The lowest BCUT2D eigenvalue weighted by Gasteiger charge is -2.38. The first-order chi connectivity index (χ1) is 13.8. The van der Waals surface area contributed by atoms with Gasteiger partial charge in [-0.1, -0.05) is 6.92 Å². The molecule has 4 rings (SSSR count). The maximum atomic E-state index is 12.5. The predicted molar refractivity (Wildman–Crippen MR) is 110 cm³/mol. The molecule has 0 N–H and O–H groups in total. The molecule has 8 heteroatoms. The van der Waals surface area contributed by atoms with E-state index in [0.29, 0.717) is 35.4 Å². The van der Waals surface area contributed by atoms with Gasteiger partial charge in [0.1, 0.15) is 22.9 Å². The van der Waals surface area contributed by atoms with Crippen LogP contribution in [0.2, 0.25) is 0 Å². The molecule has 0 bridgehead atoms. The highest BCUT2D eigenvalue weighted by Gasteiger charge is 2.35. The summed E-state index contributed by atoms with van der Waals surface area (Å²) >= 11 is 0. The Morgan fingerprint density at radius 3 is 2.52 bits per heavy atom. The molecule has 0 saturated carbocycles. The third-order valence-electron chi connectivity index (χ3n) is 5.82. The van der Waals surface area contributed by atoms with E-state index in [2.05, 4.69) is 27.9 Å². The smallest absolute Gasteiger partial charge is 0.150 e. The topological polar surface area (TPSA) is 104 Å². The molecule has 2 atom stereocenters. The standard InChI is InChI=1S/C21H24N4O3S/c1-14-6-15(7-18(26)8-16-12-29(27,28)13-16)11-25(10-14)19-3-2-17(9-22)20-21(19)24-5-4-23-20/h2-5,14-16H,6-8,10-13H2,1H3/t14-,15-/m0/s1. The van der Waals surface area contributed by atoms with Gasteiger partial charge in [0, 0.05) is 38.3 Å². The molecule has 2 aromatic rings. The number of piperidine rings is 1. The number of nitrogens with zero attached hydrogens (tertiary/aromatic N) is 4. The summed E-state index contributed by atoms with van der Waals surface area (Å²) < 4.78 is 22.6. The van der Waals surface area contributed by atoms with Crippen LogP contribution in [0.1, 0.15) is 31.7 Å². The van der Waals surface area contributed by atoms with E-state index in [0.717, 1.165) is 25.2 Å². The molecule has 2 aliphatic rings. The zero-order valence-electron chi connectivity index (χ0n) is 16.4. The molecule has 2 saturated heterocycles. The Hall–Kier alpha value is -2.53. The van der Waals surface area contributed by atoms with Gasteiger partial charge in [-0.3, -0.25) is 14.8 Å². The summed E-state index contributed by atoms with van der Waals surface area (Å²) in [6, 6.07) is 5.87. The Labute approximate surface area is 170 Å². The van der Waals surface area contributed by atoms with Crippen molar-refractivity contribution in [3.8, 4) is 6.07 Å². The number of anilines is 1. The van der Waals surface area contributed by atoms with Crippen molar-refractivity contribution in [1.82, 2.24) is 9.97 Å². The van der Waals surface area contributed by atoms with Crippen LogP contribution in [-0.2, 0) is 14.6 Å². The summed E-state index contributed by atoms with van der Waals surface area (Å²) in [6.07, 6.45) is 5.06. The Balaban J connectivity index is 1.49. The molecule has 0 unspecified atom stereocenters. The van der Waals surface area contributed by atoms with Gasteiger partial charge in [-0.05, 0) is 36.3 Å². The van der Waals surface area contributed by atoms with Crippen molar-refractivity contribution in [2.45, 2.75) is 26.2 Å². The highest BCUT2D eigenvalue weighted by atomic mass is 32.2. The van der Waals surface area contributed by atoms with E-state index in [1.807, 2.05) is 6.07 Å². The summed E-state index contributed by atoms with van der Waals surface area (Å²) in [4.78, 5) is 23.6. The van der Waals surface area contributed by atoms with Crippen molar-refractivity contribution >= 4 is 32.3 Å². The van der Waals surface area contributed by atoms with Gasteiger partial charge in [-0.15, -0.1) is 0 Å². The molecule has 0 radical (unpaired) electrons. The number of ketones is 1. The number of aromatic nitrogens is 2. The quantitative estimate of drug-likeness (QED) is 0.742. The molecule has 0 amide bonds. The van der Waals surface area contributed by atoms with Gasteiger partial charge in [-0.2, -0.15) is 5.26 Å². The second-order valence-corrected chi connectivity index (χ2v) is 10.7. The molecule has 29 heavy (non-hydrogen) atoms. The Bertz CT molecular complexity index is 1080. The number of Topliss-reactive ketones (excluding diaryl/α,β-unsaturated/α-hetero) is 1. The zero-order chi connectivity index (χ0) is 20.6. The summed E-state index contributed by atoms with van der Waals surface area (Å²) in [6.45, 7) is 3.79. The fraction of sp³-hybridized carbons (Fsp3) is 0.524. The Morgan fingerprint density at radius 2 is 1.83 bits per heavy atom. The van der Waals surface area contributed by atoms with Crippen molar-refractivity contribution in [3.05, 3.63) is 30.1 Å². The normalized spacial score (nSPS) is 24.1. The van der Waals surface area contributed by atoms with Crippen molar-refractivity contribution in [2.24, 2.45) is 17.8 Å². The minimum atomic E-state index is -2.89. The first-order valence-corrected chi connectivity index (χ1v) is 11.8. The van der Waals surface area contributed by atoms with Gasteiger partial charge in [0.25, 0.3) is 0 Å². The van der Waals surface area contributed by atoms with Crippen LogP contribution < -0.4 is 4.90 Å². The number of benzene rings is 1. The highest BCUT2D eigenvalue weighted by molar-refractivity contribution is 7.92. The van der Waals surface area contributed by atoms with E-state index >= 15 is 0 Å². The van der Waals surface area contributed by atoms with Crippen LogP contribution in [0.5, 0.6) is 0 Å². The van der Waals surface area contributed by atoms with Crippen molar-refractivity contribution in [3.63, 3.8) is 0 Å². The number of sulfone groups is 1. The molecule has 0 spiro atoms. The van der Waals surface area contributed by atoms with Crippen molar-refractivity contribution in [1.29, 1.82) is 5.26 Å². The number of hydrogen-bond donors (Lipinski definition) is 0. The van der Waals surface area contributed by atoms with E-state index in [1.165, 1.54) is 0 Å². The van der Waals surface area contributed by atoms with E-state index in [1.54, 1.807) is 18.5 Å². The summed E-state index contributed by atoms with van der Waals surface area (Å²) in [5.74, 6) is 1.12. The predicted octanol–water partition coefficient (Wildman–Crippen LogP) is 2.36. The summed E-state index contributed by atoms with van der Waals surface area (Å²) in [7, 11) is -2.89. The van der Waals surface area contributed by atoms with Gasteiger partial charge < -0.3 is 4.90 Å². The molecule has 152 valence electrons. The second-order valence-electron chi connectivity index (χ2n) is 8.50. The monoisotopic (exact) mass is 412 g/mol. The van der Waals surface area contributed by atoms with Gasteiger partial charge >= 0.3 is 0 Å². The van der Waals surface area contributed by atoms with Crippen LogP contribution in [0.15, 0.2) is 24.5 Å². The van der Waals surface area contributed by atoms with Crippen LogP contribution in [0, 0.1) is 29.1 Å². The van der Waals surface area contributed by atoms with E-state index < -0.39 is 9.84 Å². The molecule has 2 fully saturated rings. The summed E-state index contributed by atoms with van der Waals surface area (Å²) in [5.41, 5.74) is 2.76. The number of carbonyl (C=O) groups is 1. The molecule has 0 aliphatic carbocycles. The highest BCUT2D eigenvalue weighted by Crippen LogP contribution is 2.33. The zero-order valence-corrected chi connectivity index (χ0v) is 17.2. The second kappa shape index (κ2) is 7.71. The molecule has 1 aromatic carbocycles. The third-order valence-corrected chi connectivity index (χ3v) is 7.78. The number of fused-ring (bicyclic) bond motifs is 1.